The van der Waals surface area contributed by atoms with Crippen molar-refractivity contribution in [2.45, 2.75) is 18.9 Å². The minimum atomic E-state index is -0.291. The van der Waals surface area contributed by atoms with Gasteiger partial charge >= 0.3 is 6.03 Å². The van der Waals surface area contributed by atoms with Crippen LogP contribution in [0, 0.1) is 0 Å². The smallest absolute Gasteiger partial charge is 0.344 e. The number of benzene rings is 3. The number of hydrogen-bond acceptors (Lipinski definition) is 4. The van der Waals surface area contributed by atoms with Crippen LogP contribution < -0.4 is 10.1 Å². The number of ether oxygens (including phenoxy) is 1. The van der Waals surface area contributed by atoms with Crippen LogP contribution in [0.5, 0.6) is 11.5 Å². The van der Waals surface area contributed by atoms with E-state index in [0.717, 1.165) is 18.6 Å². The third-order valence-corrected chi connectivity index (χ3v) is 5.02. The Morgan fingerprint density at radius 2 is 1.82 bits per heavy atom. The molecule has 138 valence electrons. The second kappa shape index (κ2) is 6.81. The third-order valence-electron chi connectivity index (χ3n) is 5.02. The standard InChI is InChI=1S/C22H18N4O2/c27-22(23-19-12-10-15-6-4-5-9-18(15)19)26-21-14-17(11-13-20(21)24-25-26)28-16-7-2-1-3-8-16/h1-9,11,13-14,19H,10,12H2,(H,23,27)/t19-/m1/s1. The number of amides is 1. The number of nitrogens with zero attached hydrogens (tertiary/aromatic N) is 3. The number of aryl methyl sites for hydroxylation is 1. The molecule has 1 aromatic heterocycles. The minimum absolute atomic E-state index is 0.00768. The van der Waals surface area contributed by atoms with Gasteiger partial charge in [-0.25, -0.2) is 4.79 Å². The number of hydrogen-bond donors (Lipinski definition) is 1. The molecule has 0 unspecified atom stereocenters. The van der Waals surface area contributed by atoms with E-state index in [4.69, 9.17) is 4.74 Å². The molecule has 1 aliphatic carbocycles. The van der Waals surface area contributed by atoms with Gasteiger partial charge in [0.25, 0.3) is 0 Å². The van der Waals surface area contributed by atoms with E-state index in [-0.39, 0.29) is 12.1 Å². The summed E-state index contributed by atoms with van der Waals surface area (Å²) in [7, 11) is 0. The van der Waals surface area contributed by atoms with Crippen LogP contribution in [0.3, 0.4) is 0 Å². The Labute approximate surface area is 161 Å². The highest BCUT2D eigenvalue weighted by molar-refractivity contribution is 5.88. The predicted octanol–water partition coefficient (Wildman–Crippen LogP) is 4.47. The highest BCUT2D eigenvalue weighted by Gasteiger charge is 2.25. The quantitative estimate of drug-likeness (QED) is 0.578. The fraction of sp³-hybridized carbons (Fsp3) is 0.136. The molecule has 4 aromatic rings. The minimum Gasteiger partial charge on any atom is -0.457 e. The second-order valence-electron chi connectivity index (χ2n) is 6.81. The molecule has 5 rings (SSSR count). The summed E-state index contributed by atoms with van der Waals surface area (Å²) in [5, 5.41) is 11.2. The molecule has 1 amide bonds. The van der Waals surface area contributed by atoms with Crippen LogP contribution in [0.1, 0.15) is 23.6 Å². The first-order valence-electron chi connectivity index (χ1n) is 9.25. The lowest BCUT2D eigenvalue weighted by atomic mass is 10.1. The molecular formula is C22H18N4O2. The molecule has 1 atom stereocenters. The van der Waals surface area contributed by atoms with E-state index in [2.05, 4.69) is 27.8 Å². The fourth-order valence-corrected chi connectivity index (χ4v) is 3.65. The van der Waals surface area contributed by atoms with Gasteiger partial charge in [-0.05, 0) is 48.2 Å². The molecule has 1 aliphatic rings. The normalized spacial score (nSPS) is 15.4. The highest BCUT2D eigenvalue weighted by atomic mass is 16.5. The van der Waals surface area contributed by atoms with E-state index >= 15 is 0 Å². The van der Waals surface area contributed by atoms with Crippen LogP contribution >= 0.6 is 0 Å². The lowest BCUT2D eigenvalue weighted by molar-refractivity contribution is 0.236. The second-order valence-corrected chi connectivity index (χ2v) is 6.81. The van der Waals surface area contributed by atoms with Gasteiger partial charge in [0, 0.05) is 6.07 Å². The average Bonchev–Trinajstić information content (AvgIpc) is 3.33. The topological polar surface area (TPSA) is 69.0 Å². The first kappa shape index (κ1) is 16.5. The third kappa shape index (κ3) is 2.99. The van der Waals surface area contributed by atoms with Crippen molar-refractivity contribution < 1.29 is 9.53 Å². The van der Waals surface area contributed by atoms with E-state index in [9.17, 15) is 4.79 Å². The summed E-state index contributed by atoms with van der Waals surface area (Å²) < 4.78 is 7.17. The molecule has 1 N–H and O–H groups in total. The molecule has 0 radical (unpaired) electrons. The Bertz CT molecular complexity index is 1150. The largest absolute Gasteiger partial charge is 0.457 e. The SMILES string of the molecule is O=C(N[C@@H]1CCc2ccccc21)n1nnc2ccc(Oc3ccccc3)cc21. The van der Waals surface area contributed by atoms with Crippen LogP contribution in [0.2, 0.25) is 0 Å². The van der Waals surface area contributed by atoms with Crippen LogP contribution in [-0.2, 0) is 6.42 Å². The monoisotopic (exact) mass is 370 g/mol. The van der Waals surface area contributed by atoms with Crippen molar-refractivity contribution in [1.82, 2.24) is 20.3 Å². The maximum Gasteiger partial charge on any atom is 0.344 e. The molecule has 0 saturated carbocycles. The van der Waals surface area contributed by atoms with Crippen molar-refractivity contribution in [3.63, 3.8) is 0 Å². The first-order chi connectivity index (χ1) is 13.8. The molecule has 0 bridgehead atoms. The van der Waals surface area contributed by atoms with E-state index in [1.807, 2.05) is 48.5 Å². The summed E-state index contributed by atoms with van der Waals surface area (Å²) in [6.45, 7) is 0. The fourth-order valence-electron chi connectivity index (χ4n) is 3.65. The van der Waals surface area contributed by atoms with Gasteiger partial charge in [0.15, 0.2) is 0 Å². The zero-order chi connectivity index (χ0) is 18.9. The zero-order valence-corrected chi connectivity index (χ0v) is 15.1. The van der Waals surface area contributed by atoms with Crippen molar-refractivity contribution in [2.24, 2.45) is 0 Å². The van der Waals surface area contributed by atoms with Crippen LogP contribution in [0.4, 0.5) is 4.79 Å². The summed E-state index contributed by atoms with van der Waals surface area (Å²) in [4.78, 5) is 12.9. The molecule has 0 spiro atoms. The lowest BCUT2D eigenvalue weighted by Crippen LogP contribution is -2.32. The van der Waals surface area contributed by atoms with Gasteiger partial charge in [-0.15, -0.1) is 5.10 Å². The predicted molar refractivity (Wildman–Crippen MR) is 105 cm³/mol. The molecule has 28 heavy (non-hydrogen) atoms. The Hall–Kier alpha value is -3.67. The molecule has 0 fully saturated rings. The van der Waals surface area contributed by atoms with E-state index in [1.54, 1.807) is 12.1 Å². The highest BCUT2D eigenvalue weighted by Crippen LogP contribution is 2.31. The summed E-state index contributed by atoms with van der Waals surface area (Å²) in [5.74, 6) is 1.36. The van der Waals surface area contributed by atoms with Crippen LogP contribution in [0.25, 0.3) is 11.0 Å². The number of aromatic nitrogens is 3. The van der Waals surface area contributed by atoms with Crippen LogP contribution in [-0.4, -0.2) is 21.0 Å². The van der Waals surface area contributed by atoms with Crippen molar-refractivity contribution in [3.05, 3.63) is 83.9 Å². The van der Waals surface area contributed by atoms with Crippen molar-refractivity contribution in [3.8, 4) is 11.5 Å². The number of carbonyl (C=O) groups excluding carboxylic acids is 1. The number of carbonyl (C=O) groups is 1. The Morgan fingerprint density at radius 3 is 2.71 bits per heavy atom. The first-order valence-corrected chi connectivity index (χ1v) is 9.25. The van der Waals surface area contributed by atoms with Crippen molar-refractivity contribution >= 4 is 17.1 Å². The summed E-state index contributed by atoms with van der Waals surface area (Å²) in [6.07, 6.45) is 1.86. The molecule has 0 saturated heterocycles. The summed E-state index contributed by atoms with van der Waals surface area (Å²) >= 11 is 0. The van der Waals surface area contributed by atoms with Gasteiger partial charge in [0.2, 0.25) is 0 Å². The van der Waals surface area contributed by atoms with Gasteiger partial charge in [-0.2, -0.15) is 4.68 Å². The van der Waals surface area contributed by atoms with Gasteiger partial charge in [0.1, 0.15) is 22.5 Å². The average molecular weight is 370 g/mol. The Morgan fingerprint density at radius 1 is 1.00 bits per heavy atom. The molecule has 1 heterocycles. The lowest BCUT2D eigenvalue weighted by Gasteiger charge is -2.14. The number of nitrogens with one attached hydrogen (secondary N) is 1. The van der Waals surface area contributed by atoms with Gasteiger partial charge in [0.05, 0.1) is 6.04 Å². The maximum atomic E-state index is 12.9. The Balaban J connectivity index is 1.41. The summed E-state index contributed by atoms with van der Waals surface area (Å²) in [5.41, 5.74) is 3.71. The Kier molecular flexibility index (Phi) is 4.01. The van der Waals surface area contributed by atoms with E-state index in [0.29, 0.717) is 16.8 Å². The van der Waals surface area contributed by atoms with Gasteiger partial charge in [-0.3, -0.25) is 0 Å². The number of fused-ring (bicyclic) bond motifs is 2. The van der Waals surface area contributed by atoms with Gasteiger partial charge < -0.3 is 10.1 Å². The molecule has 0 aliphatic heterocycles. The maximum absolute atomic E-state index is 12.9. The van der Waals surface area contributed by atoms with Crippen LogP contribution in [0.15, 0.2) is 72.8 Å². The molecule has 3 aromatic carbocycles. The van der Waals surface area contributed by atoms with E-state index < -0.39 is 0 Å². The molecule has 6 heteroatoms. The molecule has 6 nitrogen and oxygen atoms in total. The van der Waals surface area contributed by atoms with Gasteiger partial charge in [-0.1, -0.05) is 47.7 Å². The number of para-hydroxylation sites is 1. The van der Waals surface area contributed by atoms with E-state index in [1.165, 1.54) is 15.8 Å². The summed E-state index contributed by atoms with van der Waals surface area (Å²) in [6, 6.07) is 22.8. The number of rotatable bonds is 3. The van der Waals surface area contributed by atoms with Crippen molar-refractivity contribution in [1.29, 1.82) is 0 Å². The molecular weight excluding hydrogens is 352 g/mol. The zero-order valence-electron chi connectivity index (χ0n) is 15.1. The van der Waals surface area contributed by atoms with Crippen molar-refractivity contribution in [2.75, 3.05) is 0 Å².